The molecule has 2 aromatic carbocycles. The normalized spacial score (nSPS) is 16.0. The molecule has 6 heteroatoms. The van der Waals surface area contributed by atoms with Crippen LogP contribution in [0.25, 0.3) is 0 Å². The number of hydrogen-bond donors (Lipinski definition) is 1. The summed E-state index contributed by atoms with van der Waals surface area (Å²) in [6, 6.07) is 18.1. The second-order valence-electron chi connectivity index (χ2n) is 7.19. The number of piperazine rings is 1. The molecule has 1 aromatic heterocycles. The van der Waals surface area contributed by atoms with E-state index in [1.807, 2.05) is 35.2 Å². The van der Waals surface area contributed by atoms with Gasteiger partial charge in [0, 0.05) is 49.5 Å². The third kappa shape index (κ3) is 4.42. The molecule has 150 valence electrons. The predicted octanol–water partition coefficient (Wildman–Crippen LogP) is 4.28. The average molecular weight is 412 g/mol. The smallest absolute Gasteiger partial charge is 0.146 e. The van der Waals surface area contributed by atoms with E-state index >= 15 is 0 Å². The Kier molecular flexibility index (Phi) is 6.09. The van der Waals surface area contributed by atoms with E-state index in [0.29, 0.717) is 30.0 Å². The molecule has 1 atom stereocenters. The molecule has 1 aliphatic heterocycles. The monoisotopic (exact) mass is 411 g/mol. The highest BCUT2D eigenvalue weighted by Crippen LogP contribution is 2.33. The fourth-order valence-electron chi connectivity index (χ4n) is 3.78. The van der Waals surface area contributed by atoms with Crippen LogP contribution in [0.4, 0.5) is 10.1 Å². The Balaban J connectivity index is 1.51. The summed E-state index contributed by atoms with van der Waals surface area (Å²) in [6.07, 6.45) is 0.661. The summed E-state index contributed by atoms with van der Waals surface area (Å²) in [5, 5.41) is 11.6. The second kappa shape index (κ2) is 8.91. The van der Waals surface area contributed by atoms with Crippen LogP contribution < -0.4 is 4.90 Å². The number of hydrogen-bond acceptors (Lipinski definition) is 4. The Morgan fingerprint density at radius 2 is 1.72 bits per heavy atom. The Morgan fingerprint density at radius 3 is 2.45 bits per heavy atom. The van der Waals surface area contributed by atoms with Crippen molar-refractivity contribution in [1.29, 1.82) is 0 Å². The first kappa shape index (κ1) is 19.8. The van der Waals surface area contributed by atoms with Gasteiger partial charge in [0.25, 0.3) is 0 Å². The number of nitrogens with zero attached hydrogens (tertiary/aromatic N) is 3. The summed E-state index contributed by atoms with van der Waals surface area (Å²) in [5.41, 5.74) is 2.61. The molecule has 29 heavy (non-hydrogen) atoms. The van der Waals surface area contributed by atoms with Crippen LogP contribution in [0.5, 0.6) is 0 Å². The molecule has 0 amide bonds. The third-order valence-electron chi connectivity index (χ3n) is 5.32. The van der Waals surface area contributed by atoms with Crippen molar-refractivity contribution in [2.75, 3.05) is 31.1 Å². The van der Waals surface area contributed by atoms with Gasteiger partial charge in [-0.25, -0.2) is 4.39 Å². The van der Waals surface area contributed by atoms with Gasteiger partial charge in [0.2, 0.25) is 0 Å². The Labute approximate surface area is 175 Å². The average Bonchev–Trinajstić information content (AvgIpc) is 2.76. The van der Waals surface area contributed by atoms with Crippen molar-refractivity contribution in [2.45, 2.75) is 12.6 Å². The minimum Gasteiger partial charge on any atom is -0.382 e. The molecule has 2 heterocycles. The number of rotatable bonds is 5. The second-order valence-corrected chi connectivity index (χ2v) is 7.60. The summed E-state index contributed by atoms with van der Waals surface area (Å²) in [5.74, 6) is -0.322. The van der Waals surface area contributed by atoms with Crippen LogP contribution in [-0.4, -0.2) is 41.2 Å². The quantitative estimate of drug-likeness (QED) is 0.680. The van der Waals surface area contributed by atoms with Crippen LogP contribution in [0, 0.1) is 5.82 Å². The van der Waals surface area contributed by atoms with Crippen LogP contribution >= 0.6 is 11.6 Å². The molecular weight excluding hydrogens is 389 g/mol. The minimum absolute atomic E-state index is 0.322. The van der Waals surface area contributed by atoms with Crippen molar-refractivity contribution in [1.82, 2.24) is 9.88 Å². The lowest BCUT2D eigenvalue weighted by Crippen LogP contribution is -2.46. The van der Waals surface area contributed by atoms with Crippen LogP contribution in [-0.2, 0) is 6.54 Å². The first-order valence-electron chi connectivity index (χ1n) is 9.71. The molecule has 0 spiro atoms. The highest BCUT2D eigenvalue weighted by atomic mass is 35.5. The van der Waals surface area contributed by atoms with Gasteiger partial charge in [-0.05, 0) is 29.8 Å². The van der Waals surface area contributed by atoms with Crippen LogP contribution in [0.15, 0.2) is 66.9 Å². The minimum atomic E-state index is -0.969. The number of aliphatic hydroxyl groups excluding tert-OH is 1. The molecule has 4 rings (SSSR count). The number of aromatic nitrogens is 1. The lowest BCUT2D eigenvalue weighted by Gasteiger charge is -2.37. The maximum atomic E-state index is 14.8. The Bertz CT molecular complexity index is 961. The van der Waals surface area contributed by atoms with Crippen molar-refractivity contribution < 1.29 is 9.50 Å². The maximum Gasteiger partial charge on any atom is 0.146 e. The lowest BCUT2D eigenvalue weighted by molar-refractivity contribution is 0.213. The molecule has 0 aliphatic carbocycles. The van der Waals surface area contributed by atoms with Crippen molar-refractivity contribution in [2.24, 2.45) is 0 Å². The molecule has 3 aromatic rings. The molecule has 0 radical (unpaired) electrons. The van der Waals surface area contributed by atoms with E-state index in [1.165, 1.54) is 6.07 Å². The molecule has 0 bridgehead atoms. The number of aliphatic hydroxyl groups is 1. The highest BCUT2D eigenvalue weighted by molar-refractivity contribution is 6.31. The van der Waals surface area contributed by atoms with Gasteiger partial charge in [-0.2, -0.15) is 0 Å². The van der Waals surface area contributed by atoms with E-state index in [1.54, 1.807) is 30.5 Å². The summed E-state index contributed by atoms with van der Waals surface area (Å²) in [7, 11) is 0. The largest absolute Gasteiger partial charge is 0.382 e. The Morgan fingerprint density at radius 1 is 0.966 bits per heavy atom. The molecule has 0 unspecified atom stereocenters. The van der Waals surface area contributed by atoms with E-state index in [9.17, 15) is 9.50 Å². The summed E-state index contributed by atoms with van der Waals surface area (Å²) >= 11 is 6.28. The molecule has 0 saturated carbocycles. The molecular formula is C23H23ClFN3O. The summed E-state index contributed by atoms with van der Waals surface area (Å²) in [4.78, 5) is 8.55. The molecule has 4 nitrogen and oxygen atoms in total. The van der Waals surface area contributed by atoms with E-state index in [2.05, 4.69) is 9.88 Å². The van der Waals surface area contributed by atoms with Gasteiger partial charge in [-0.3, -0.25) is 9.88 Å². The number of halogens is 2. The van der Waals surface area contributed by atoms with Crippen molar-refractivity contribution in [3.8, 4) is 0 Å². The SMILES string of the molecule is O[C@H](c1ccccn1)c1cccc(F)c1N1CCN(Cc2ccccc2Cl)CC1. The van der Waals surface area contributed by atoms with Gasteiger partial charge in [0.05, 0.1) is 11.4 Å². The topological polar surface area (TPSA) is 39.6 Å². The summed E-state index contributed by atoms with van der Waals surface area (Å²) < 4.78 is 14.8. The zero-order valence-electron chi connectivity index (χ0n) is 16.0. The van der Waals surface area contributed by atoms with Crippen LogP contribution in [0.1, 0.15) is 22.9 Å². The van der Waals surface area contributed by atoms with Gasteiger partial charge in [0.1, 0.15) is 11.9 Å². The van der Waals surface area contributed by atoms with E-state index in [-0.39, 0.29) is 5.82 Å². The van der Waals surface area contributed by atoms with E-state index in [4.69, 9.17) is 11.6 Å². The molecule has 1 aliphatic rings. The van der Waals surface area contributed by atoms with Crippen molar-refractivity contribution in [3.05, 3.63) is 94.5 Å². The van der Waals surface area contributed by atoms with Gasteiger partial charge in [0.15, 0.2) is 0 Å². The zero-order chi connectivity index (χ0) is 20.2. The molecule has 1 N–H and O–H groups in total. The van der Waals surface area contributed by atoms with Gasteiger partial charge in [-0.1, -0.05) is 48.0 Å². The van der Waals surface area contributed by atoms with Crippen molar-refractivity contribution >= 4 is 17.3 Å². The van der Waals surface area contributed by atoms with Gasteiger partial charge >= 0.3 is 0 Å². The first-order valence-corrected chi connectivity index (χ1v) is 10.1. The first-order chi connectivity index (χ1) is 14.1. The fourth-order valence-corrected chi connectivity index (χ4v) is 3.98. The number of anilines is 1. The number of para-hydroxylation sites is 1. The highest BCUT2D eigenvalue weighted by Gasteiger charge is 2.25. The van der Waals surface area contributed by atoms with Crippen molar-refractivity contribution in [3.63, 3.8) is 0 Å². The molecule has 1 saturated heterocycles. The maximum absolute atomic E-state index is 14.8. The van der Waals surface area contributed by atoms with Gasteiger partial charge in [-0.15, -0.1) is 0 Å². The number of benzene rings is 2. The van der Waals surface area contributed by atoms with Crippen LogP contribution in [0.3, 0.4) is 0 Å². The van der Waals surface area contributed by atoms with Gasteiger partial charge < -0.3 is 10.0 Å². The lowest BCUT2D eigenvalue weighted by atomic mass is 10.0. The zero-order valence-corrected chi connectivity index (χ0v) is 16.8. The third-order valence-corrected chi connectivity index (χ3v) is 5.69. The Hall–Kier alpha value is -2.47. The standard InChI is InChI=1S/C23H23ClFN3O/c24-19-8-2-1-6-17(19)16-27-12-14-28(15-13-27)22-18(7-5-9-20(22)25)23(29)21-10-3-4-11-26-21/h1-11,23,29H,12-16H2/t23-/m0/s1. The number of pyridine rings is 1. The molecule has 1 fully saturated rings. The van der Waals surface area contributed by atoms with Crippen LogP contribution in [0.2, 0.25) is 5.02 Å². The van der Waals surface area contributed by atoms with E-state index < -0.39 is 6.10 Å². The summed E-state index contributed by atoms with van der Waals surface area (Å²) in [6.45, 7) is 3.70. The van der Waals surface area contributed by atoms with E-state index in [0.717, 1.165) is 30.2 Å². The predicted molar refractivity (Wildman–Crippen MR) is 114 cm³/mol. The fraction of sp³-hybridized carbons (Fsp3) is 0.261.